The van der Waals surface area contributed by atoms with E-state index in [9.17, 15) is 9.90 Å². The number of benzene rings is 2. The molecule has 0 spiro atoms. The van der Waals surface area contributed by atoms with Gasteiger partial charge in [0.1, 0.15) is 11.5 Å². The number of aromatic amines is 1. The number of carbonyl (C=O) groups is 1. The Balaban J connectivity index is 1.28. The molecule has 1 fully saturated rings. The molecule has 168 valence electrons. The Labute approximate surface area is 191 Å². The van der Waals surface area contributed by atoms with Crippen LogP contribution in [0.5, 0.6) is 11.5 Å². The number of H-pyrrole nitrogens is 1. The molecule has 3 heterocycles. The van der Waals surface area contributed by atoms with Crippen molar-refractivity contribution in [3.8, 4) is 22.8 Å². The van der Waals surface area contributed by atoms with E-state index in [1.165, 1.54) is 5.56 Å². The summed E-state index contributed by atoms with van der Waals surface area (Å²) in [5.41, 5.74) is 3.19. The molecule has 1 aliphatic heterocycles. The van der Waals surface area contributed by atoms with Crippen LogP contribution in [-0.4, -0.2) is 50.4 Å². The van der Waals surface area contributed by atoms with E-state index >= 15 is 0 Å². The maximum atomic E-state index is 12.8. The molecule has 0 bridgehead atoms. The molecule has 1 saturated heterocycles. The SMILES string of the molecule is O=C(N[C@@H]1CCCN(Cc2ccccc2)C1)Oc1cc(-c2ccc(O)cc2)nc2[nH]ncc12. The van der Waals surface area contributed by atoms with Crippen molar-refractivity contribution in [3.05, 3.63) is 72.4 Å². The second-order valence-corrected chi connectivity index (χ2v) is 8.28. The Morgan fingerprint density at radius 2 is 2.00 bits per heavy atom. The van der Waals surface area contributed by atoms with Crippen LogP contribution in [0.1, 0.15) is 18.4 Å². The van der Waals surface area contributed by atoms with E-state index in [1.807, 2.05) is 18.2 Å². The van der Waals surface area contributed by atoms with Gasteiger partial charge in [-0.2, -0.15) is 5.10 Å². The summed E-state index contributed by atoms with van der Waals surface area (Å²) >= 11 is 0. The van der Waals surface area contributed by atoms with E-state index in [4.69, 9.17) is 4.74 Å². The molecule has 0 aliphatic carbocycles. The van der Waals surface area contributed by atoms with Gasteiger partial charge in [-0.05, 0) is 49.2 Å². The second-order valence-electron chi connectivity index (χ2n) is 8.28. The molecule has 8 heteroatoms. The zero-order valence-corrected chi connectivity index (χ0v) is 18.1. The molecule has 5 rings (SSSR count). The fourth-order valence-electron chi connectivity index (χ4n) is 4.22. The number of likely N-dealkylation sites (tertiary alicyclic amines) is 1. The first-order chi connectivity index (χ1) is 16.1. The molecule has 0 radical (unpaired) electrons. The van der Waals surface area contributed by atoms with Gasteiger partial charge in [-0.3, -0.25) is 10.00 Å². The van der Waals surface area contributed by atoms with Crippen LogP contribution in [0.25, 0.3) is 22.3 Å². The predicted molar refractivity (Wildman–Crippen MR) is 125 cm³/mol. The van der Waals surface area contributed by atoms with Gasteiger partial charge in [-0.1, -0.05) is 30.3 Å². The number of piperidine rings is 1. The van der Waals surface area contributed by atoms with Crippen LogP contribution < -0.4 is 10.1 Å². The largest absolute Gasteiger partial charge is 0.508 e. The second kappa shape index (κ2) is 9.30. The molecule has 2 aromatic heterocycles. The van der Waals surface area contributed by atoms with Gasteiger partial charge in [0.2, 0.25) is 0 Å². The Kier molecular flexibility index (Phi) is 5.91. The molecular weight excluding hydrogens is 418 g/mol. The molecule has 33 heavy (non-hydrogen) atoms. The average Bonchev–Trinajstić information content (AvgIpc) is 3.30. The van der Waals surface area contributed by atoms with Crippen LogP contribution in [0, 0.1) is 0 Å². The normalized spacial score (nSPS) is 16.5. The maximum absolute atomic E-state index is 12.8. The number of phenols is 1. The monoisotopic (exact) mass is 443 g/mol. The minimum Gasteiger partial charge on any atom is -0.508 e. The lowest BCUT2D eigenvalue weighted by Gasteiger charge is -2.32. The number of phenolic OH excluding ortho intramolecular Hbond substituents is 1. The van der Waals surface area contributed by atoms with E-state index in [-0.39, 0.29) is 11.8 Å². The van der Waals surface area contributed by atoms with Gasteiger partial charge in [-0.25, -0.2) is 9.78 Å². The van der Waals surface area contributed by atoms with Crippen LogP contribution in [0.3, 0.4) is 0 Å². The van der Waals surface area contributed by atoms with Crippen molar-refractivity contribution in [1.29, 1.82) is 0 Å². The van der Waals surface area contributed by atoms with Gasteiger partial charge in [0.05, 0.1) is 17.3 Å². The van der Waals surface area contributed by atoms with E-state index < -0.39 is 6.09 Å². The molecule has 4 aromatic rings. The molecule has 8 nitrogen and oxygen atoms in total. The van der Waals surface area contributed by atoms with Crippen LogP contribution in [0.4, 0.5) is 4.79 Å². The van der Waals surface area contributed by atoms with Crippen molar-refractivity contribution in [3.63, 3.8) is 0 Å². The van der Waals surface area contributed by atoms with Crippen molar-refractivity contribution in [1.82, 2.24) is 25.4 Å². The topological polar surface area (TPSA) is 103 Å². The highest BCUT2D eigenvalue weighted by Crippen LogP contribution is 2.30. The standard InChI is InChI=1S/C25H25N5O3/c31-20-10-8-18(9-11-20)22-13-23(21-14-26-29-24(21)28-22)33-25(32)27-19-7-4-12-30(16-19)15-17-5-2-1-3-6-17/h1-3,5-6,8-11,13-14,19,31H,4,7,12,15-16H2,(H,27,32)(H,26,28,29)/t19-/m1/s1. The number of pyridine rings is 1. The smallest absolute Gasteiger partial charge is 0.412 e. The van der Waals surface area contributed by atoms with Crippen LogP contribution in [-0.2, 0) is 6.54 Å². The van der Waals surface area contributed by atoms with Crippen LogP contribution >= 0.6 is 0 Å². The summed E-state index contributed by atoms with van der Waals surface area (Å²) in [5, 5.41) is 20.1. The molecule has 1 amide bonds. The minimum absolute atomic E-state index is 0.0215. The summed E-state index contributed by atoms with van der Waals surface area (Å²) in [4.78, 5) is 19.7. The summed E-state index contributed by atoms with van der Waals surface area (Å²) < 4.78 is 5.71. The fourth-order valence-corrected chi connectivity index (χ4v) is 4.22. The number of rotatable bonds is 5. The third-order valence-electron chi connectivity index (χ3n) is 5.83. The first-order valence-corrected chi connectivity index (χ1v) is 11.0. The van der Waals surface area contributed by atoms with Gasteiger partial charge < -0.3 is 15.2 Å². The van der Waals surface area contributed by atoms with Gasteiger partial charge in [-0.15, -0.1) is 0 Å². The van der Waals surface area contributed by atoms with Gasteiger partial charge in [0, 0.05) is 30.8 Å². The average molecular weight is 444 g/mol. The third kappa shape index (κ3) is 4.96. The number of aromatic nitrogens is 3. The quantitative estimate of drug-likeness (QED) is 0.429. The molecule has 2 aromatic carbocycles. The highest BCUT2D eigenvalue weighted by Gasteiger charge is 2.23. The fraction of sp³-hybridized carbons (Fsp3) is 0.240. The van der Waals surface area contributed by atoms with Crippen molar-refractivity contribution >= 4 is 17.1 Å². The van der Waals surface area contributed by atoms with Crippen molar-refractivity contribution in [2.45, 2.75) is 25.4 Å². The number of amides is 1. The number of hydrogen-bond acceptors (Lipinski definition) is 6. The predicted octanol–water partition coefficient (Wildman–Crippen LogP) is 4.08. The molecule has 1 aliphatic rings. The zero-order chi connectivity index (χ0) is 22.6. The lowest BCUT2D eigenvalue weighted by molar-refractivity contribution is 0.164. The lowest BCUT2D eigenvalue weighted by Crippen LogP contribution is -2.48. The van der Waals surface area contributed by atoms with E-state index in [2.05, 4.69) is 37.5 Å². The molecular formula is C25H25N5O3. The van der Waals surface area contributed by atoms with E-state index in [0.717, 1.165) is 38.0 Å². The first-order valence-electron chi connectivity index (χ1n) is 11.0. The lowest BCUT2D eigenvalue weighted by atomic mass is 10.0. The molecule has 1 atom stereocenters. The van der Waals surface area contributed by atoms with Crippen molar-refractivity contribution in [2.75, 3.05) is 13.1 Å². The number of fused-ring (bicyclic) bond motifs is 1. The maximum Gasteiger partial charge on any atom is 0.412 e. The van der Waals surface area contributed by atoms with E-state index in [1.54, 1.807) is 36.5 Å². The highest BCUT2D eigenvalue weighted by molar-refractivity contribution is 5.87. The number of nitrogens with one attached hydrogen (secondary N) is 2. The Bertz CT molecular complexity index is 1240. The Morgan fingerprint density at radius 1 is 1.18 bits per heavy atom. The number of hydrogen-bond donors (Lipinski definition) is 3. The van der Waals surface area contributed by atoms with Gasteiger partial charge in [0.25, 0.3) is 0 Å². The summed E-state index contributed by atoms with van der Waals surface area (Å²) in [5.74, 6) is 0.553. The number of nitrogens with zero attached hydrogens (tertiary/aromatic N) is 3. The van der Waals surface area contributed by atoms with Crippen molar-refractivity contribution < 1.29 is 14.6 Å². The number of aromatic hydroxyl groups is 1. The highest BCUT2D eigenvalue weighted by atomic mass is 16.6. The van der Waals surface area contributed by atoms with Crippen LogP contribution in [0.2, 0.25) is 0 Å². The number of carbonyl (C=O) groups excluding carboxylic acids is 1. The summed E-state index contributed by atoms with van der Waals surface area (Å²) in [6.45, 7) is 2.66. The molecule has 3 N–H and O–H groups in total. The molecule has 0 unspecified atom stereocenters. The summed E-state index contributed by atoms with van der Waals surface area (Å²) in [7, 11) is 0. The zero-order valence-electron chi connectivity index (χ0n) is 18.1. The minimum atomic E-state index is -0.494. The third-order valence-corrected chi connectivity index (χ3v) is 5.83. The van der Waals surface area contributed by atoms with Gasteiger partial charge >= 0.3 is 6.09 Å². The van der Waals surface area contributed by atoms with E-state index in [0.29, 0.717) is 22.5 Å². The van der Waals surface area contributed by atoms with Crippen molar-refractivity contribution in [2.24, 2.45) is 0 Å². The van der Waals surface area contributed by atoms with Crippen LogP contribution in [0.15, 0.2) is 66.9 Å². The molecule has 0 saturated carbocycles. The first kappa shape index (κ1) is 21.0. The number of ether oxygens (including phenoxy) is 1. The summed E-state index contributed by atoms with van der Waals surface area (Å²) in [6.07, 6.45) is 3.03. The Hall–Kier alpha value is -3.91. The summed E-state index contributed by atoms with van der Waals surface area (Å²) in [6, 6.07) is 18.8. The van der Waals surface area contributed by atoms with Gasteiger partial charge in [0.15, 0.2) is 5.65 Å². The Morgan fingerprint density at radius 3 is 2.82 bits per heavy atom.